The number of hydrogen-bond donors (Lipinski definition) is 1. The number of ether oxygens (including phenoxy) is 1. The van der Waals surface area contributed by atoms with Crippen LogP contribution in [0.15, 0.2) is 23.1 Å². The molecule has 0 saturated carbocycles. The lowest BCUT2D eigenvalue weighted by Crippen LogP contribution is -1.95. The molecule has 0 amide bonds. The van der Waals surface area contributed by atoms with Gasteiger partial charge in [-0.1, -0.05) is 6.07 Å². The van der Waals surface area contributed by atoms with E-state index < -0.39 is 0 Å². The second kappa shape index (κ2) is 6.33. The van der Waals surface area contributed by atoms with Gasteiger partial charge >= 0.3 is 0 Å². The van der Waals surface area contributed by atoms with Gasteiger partial charge in [0.25, 0.3) is 0 Å². The van der Waals surface area contributed by atoms with Crippen LogP contribution < -0.4 is 5.73 Å². The van der Waals surface area contributed by atoms with Crippen molar-refractivity contribution in [2.75, 3.05) is 25.2 Å². The molecule has 0 aliphatic carbocycles. The Morgan fingerprint density at radius 3 is 3.00 bits per heavy atom. The molecule has 4 heteroatoms. The van der Waals surface area contributed by atoms with E-state index in [1.807, 2.05) is 12.1 Å². The lowest BCUT2D eigenvalue weighted by atomic mass is 10.2. The fraction of sp³-hybridized carbons (Fsp3) is 0.364. The third-order valence-electron chi connectivity index (χ3n) is 1.94. The van der Waals surface area contributed by atoms with Gasteiger partial charge in [-0.25, -0.2) is 0 Å². The highest BCUT2D eigenvalue weighted by Gasteiger charge is 2.04. The van der Waals surface area contributed by atoms with Crippen molar-refractivity contribution in [3.63, 3.8) is 0 Å². The lowest BCUT2D eigenvalue weighted by molar-refractivity contribution is 0.200. The lowest BCUT2D eigenvalue weighted by Gasteiger charge is -2.05. The maximum absolute atomic E-state index is 8.79. The van der Waals surface area contributed by atoms with Gasteiger partial charge in [0.2, 0.25) is 0 Å². The van der Waals surface area contributed by atoms with E-state index >= 15 is 0 Å². The average Bonchev–Trinajstić information content (AvgIpc) is 2.26. The molecular formula is C11H14N2OS. The molecule has 0 radical (unpaired) electrons. The Kier molecular flexibility index (Phi) is 5.02. The number of anilines is 1. The van der Waals surface area contributed by atoms with E-state index in [0.717, 1.165) is 23.7 Å². The summed E-state index contributed by atoms with van der Waals surface area (Å²) >= 11 is 1.66. The molecule has 0 bridgehead atoms. The minimum atomic E-state index is 0.548. The van der Waals surface area contributed by atoms with Gasteiger partial charge in [0.15, 0.2) is 0 Å². The Hall–Kier alpha value is -1.18. The van der Waals surface area contributed by atoms with Crippen LogP contribution in [0.25, 0.3) is 0 Å². The number of hydrogen-bond acceptors (Lipinski definition) is 4. The standard InChI is InChI=1S/C11H14N2OS/c1-14-6-3-7-15-10-5-2-4-9(8-12)11(10)13/h2,4-5H,3,6-7,13H2,1H3. The van der Waals surface area contributed by atoms with Gasteiger partial charge in [-0.05, 0) is 18.6 Å². The molecular weight excluding hydrogens is 208 g/mol. The van der Waals surface area contributed by atoms with Crippen molar-refractivity contribution in [1.82, 2.24) is 0 Å². The van der Waals surface area contributed by atoms with Crippen molar-refractivity contribution in [2.24, 2.45) is 0 Å². The van der Waals surface area contributed by atoms with Crippen LogP contribution in [0.4, 0.5) is 5.69 Å². The monoisotopic (exact) mass is 222 g/mol. The van der Waals surface area contributed by atoms with Crippen LogP contribution in [-0.2, 0) is 4.74 Å². The van der Waals surface area contributed by atoms with Gasteiger partial charge in [-0.2, -0.15) is 5.26 Å². The zero-order valence-electron chi connectivity index (χ0n) is 8.69. The first-order chi connectivity index (χ1) is 7.29. The van der Waals surface area contributed by atoms with Gasteiger partial charge in [0.05, 0.1) is 11.3 Å². The first-order valence-electron chi connectivity index (χ1n) is 4.70. The Labute approximate surface area is 94.2 Å². The molecule has 0 saturated heterocycles. The summed E-state index contributed by atoms with van der Waals surface area (Å²) in [7, 11) is 1.69. The molecule has 3 nitrogen and oxygen atoms in total. The summed E-state index contributed by atoms with van der Waals surface area (Å²) in [6.07, 6.45) is 0.984. The highest BCUT2D eigenvalue weighted by Crippen LogP contribution is 2.27. The summed E-state index contributed by atoms with van der Waals surface area (Å²) in [6, 6.07) is 7.60. The second-order valence-corrected chi connectivity index (χ2v) is 4.16. The zero-order valence-corrected chi connectivity index (χ0v) is 9.51. The fourth-order valence-electron chi connectivity index (χ4n) is 1.15. The van der Waals surface area contributed by atoms with Crippen LogP contribution in [0.2, 0.25) is 0 Å². The van der Waals surface area contributed by atoms with E-state index in [2.05, 4.69) is 6.07 Å². The maximum atomic E-state index is 8.79. The molecule has 0 aliphatic rings. The summed E-state index contributed by atoms with van der Waals surface area (Å²) in [4.78, 5) is 0.977. The number of nitrogen functional groups attached to an aromatic ring is 1. The summed E-state index contributed by atoms with van der Waals surface area (Å²) in [5, 5.41) is 8.79. The number of para-hydroxylation sites is 1. The van der Waals surface area contributed by atoms with E-state index in [1.165, 1.54) is 0 Å². The fourth-order valence-corrected chi connectivity index (χ4v) is 2.08. The molecule has 0 unspecified atom stereocenters. The van der Waals surface area contributed by atoms with Crippen molar-refractivity contribution in [3.8, 4) is 6.07 Å². The second-order valence-electron chi connectivity index (χ2n) is 3.02. The molecule has 1 rings (SSSR count). The van der Waals surface area contributed by atoms with E-state index in [1.54, 1.807) is 24.9 Å². The number of rotatable bonds is 5. The van der Waals surface area contributed by atoms with Crippen LogP contribution >= 0.6 is 11.8 Å². The molecule has 15 heavy (non-hydrogen) atoms. The number of benzene rings is 1. The normalized spacial score (nSPS) is 9.87. The molecule has 80 valence electrons. The molecule has 1 aromatic rings. The Balaban J connectivity index is 2.58. The van der Waals surface area contributed by atoms with Crippen LogP contribution in [0.1, 0.15) is 12.0 Å². The molecule has 0 fully saturated rings. The smallest absolute Gasteiger partial charge is 0.101 e. The zero-order chi connectivity index (χ0) is 11.1. The van der Waals surface area contributed by atoms with Crippen molar-refractivity contribution >= 4 is 17.4 Å². The molecule has 0 aromatic heterocycles. The number of nitrogens with two attached hydrogens (primary N) is 1. The Bertz CT molecular complexity index is 360. The highest BCUT2D eigenvalue weighted by atomic mass is 32.2. The summed E-state index contributed by atoms with van der Waals surface area (Å²) in [5.41, 5.74) is 6.97. The Morgan fingerprint density at radius 2 is 2.33 bits per heavy atom. The highest BCUT2D eigenvalue weighted by molar-refractivity contribution is 7.99. The van der Waals surface area contributed by atoms with E-state index in [-0.39, 0.29) is 0 Å². The third kappa shape index (κ3) is 3.46. The molecule has 0 aliphatic heterocycles. The van der Waals surface area contributed by atoms with E-state index in [4.69, 9.17) is 15.7 Å². The van der Waals surface area contributed by atoms with E-state index in [9.17, 15) is 0 Å². The molecule has 0 spiro atoms. The average molecular weight is 222 g/mol. The molecule has 0 atom stereocenters. The predicted molar refractivity (Wildman–Crippen MR) is 62.8 cm³/mol. The Morgan fingerprint density at radius 1 is 1.53 bits per heavy atom. The topological polar surface area (TPSA) is 59.0 Å². The number of nitriles is 1. The molecule has 0 heterocycles. The molecule has 2 N–H and O–H groups in total. The van der Waals surface area contributed by atoms with Gasteiger partial charge in [0, 0.05) is 24.4 Å². The SMILES string of the molecule is COCCCSc1cccc(C#N)c1N. The van der Waals surface area contributed by atoms with Gasteiger partial charge < -0.3 is 10.5 Å². The van der Waals surface area contributed by atoms with Gasteiger partial charge in [-0.15, -0.1) is 11.8 Å². The van der Waals surface area contributed by atoms with Crippen LogP contribution in [0, 0.1) is 11.3 Å². The number of methoxy groups -OCH3 is 1. The van der Waals surface area contributed by atoms with Crippen LogP contribution in [-0.4, -0.2) is 19.5 Å². The van der Waals surface area contributed by atoms with Crippen molar-refractivity contribution < 1.29 is 4.74 Å². The largest absolute Gasteiger partial charge is 0.397 e. The predicted octanol–water partition coefficient (Wildman–Crippen LogP) is 2.27. The maximum Gasteiger partial charge on any atom is 0.101 e. The first kappa shape index (κ1) is 11.9. The van der Waals surface area contributed by atoms with Crippen molar-refractivity contribution in [1.29, 1.82) is 5.26 Å². The van der Waals surface area contributed by atoms with Crippen molar-refractivity contribution in [2.45, 2.75) is 11.3 Å². The molecule has 1 aromatic carbocycles. The summed E-state index contributed by atoms with van der Waals surface area (Å²) in [5.74, 6) is 0.951. The van der Waals surface area contributed by atoms with Crippen LogP contribution in [0.3, 0.4) is 0 Å². The minimum Gasteiger partial charge on any atom is -0.397 e. The quantitative estimate of drug-likeness (QED) is 0.471. The van der Waals surface area contributed by atoms with E-state index in [0.29, 0.717) is 11.3 Å². The minimum absolute atomic E-state index is 0.548. The number of nitrogens with zero attached hydrogens (tertiary/aromatic N) is 1. The third-order valence-corrected chi connectivity index (χ3v) is 3.10. The summed E-state index contributed by atoms with van der Waals surface area (Å²) in [6.45, 7) is 0.755. The van der Waals surface area contributed by atoms with Crippen molar-refractivity contribution in [3.05, 3.63) is 23.8 Å². The first-order valence-corrected chi connectivity index (χ1v) is 5.68. The van der Waals surface area contributed by atoms with Crippen LogP contribution in [0.5, 0.6) is 0 Å². The van der Waals surface area contributed by atoms with Gasteiger partial charge in [-0.3, -0.25) is 0 Å². The summed E-state index contributed by atoms with van der Waals surface area (Å²) < 4.78 is 4.96. The number of thioether (sulfide) groups is 1. The van der Waals surface area contributed by atoms with Gasteiger partial charge in [0.1, 0.15) is 6.07 Å².